The van der Waals surface area contributed by atoms with Crippen molar-refractivity contribution in [1.29, 1.82) is 0 Å². The summed E-state index contributed by atoms with van der Waals surface area (Å²) in [6.07, 6.45) is 2.03. The molecule has 1 aliphatic heterocycles. The van der Waals surface area contributed by atoms with Crippen LogP contribution in [0.2, 0.25) is 5.02 Å². The van der Waals surface area contributed by atoms with Gasteiger partial charge in [0, 0.05) is 18.0 Å². The molecular formula is C22H21ClN2O4S. The van der Waals surface area contributed by atoms with Crippen molar-refractivity contribution < 1.29 is 19.5 Å². The molecule has 0 spiro atoms. The second kappa shape index (κ2) is 10.4. The highest BCUT2D eigenvalue weighted by atomic mass is 35.5. The van der Waals surface area contributed by atoms with E-state index in [1.54, 1.807) is 30.3 Å². The Bertz CT molecular complexity index is 965. The van der Waals surface area contributed by atoms with Crippen LogP contribution in [0, 0.1) is 0 Å². The Labute approximate surface area is 183 Å². The SMILES string of the molecule is O=C(CCN1C(=O)S/C(=C\c2ccccc2Cl)C1=O)NC(CO)Cc1ccccc1. The summed E-state index contributed by atoms with van der Waals surface area (Å²) in [5.74, 6) is -0.778. The molecule has 1 atom stereocenters. The van der Waals surface area contributed by atoms with Gasteiger partial charge in [0.1, 0.15) is 0 Å². The molecule has 156 valence electrons. The number of nitrogens with one attached hydrogen (secondary N) is 1. The van der Waals surface area contributed by atoms with Gasteiger partial charge >= 0.3 is 0 Å². The number of benzene rings is 2. The van der Waals surface area contributed by atoms with Crippen molar-refractivity contribution in [2.75, 3.05) is 13.2 Å². The molecule has 1 fully saturated rings. The molecule has 2 aromatic carbocycles. The van der Waals surface area contributed by atoms with Crippen molar-refractivity contribution >= 4 is 46.5 Å². The molecule has 0 aliphatic carbocycles. The predicted octanol–water partition coefficient (Wildman–Crippen LogP) is 3.49. The van der Waals surface area contributed by atoms with Gasteiger partial charge in [-0.3, -0.25) is 19.3 Å². The molecule has 0 aromatic heterocycles. The summed E-state index contributed by atoms with van der Waals surface area (Å²) in [7, 11) is 0. The van der Waals surface area contributed by atoms with E-state index in [4.69, 9.17) is 11.6 Å². The molecule has 1 saturated heterocycles. The van der Waals surface area contributed by atoms with Crippen molar-refractivity contribution in [2.45, 2.75) is 18.9 Å². The minimum absolute atomic E-state index is 0.0279. The fourth-order valence-electron chi connectivity index (χ4n) is 3.00. The zero-order valence-corrected chi connectivity index (χ0v) is 17.7. The van der Waals surface area contributed by atoms with Crippen LogP contribution >= 0.6 is 23.4 Å². The standard InChI is InChI=1S/C22H21ClN2O4S/c23-18-9-5-4-8-16(18)13-19-21(28)25(22(29)30-19)11-10-20(27)24-17(14-26)12-15-6-2-1-3-7-15/h1-9,13,17,26H,10-12,14H2,(H,24,27)/b19-13-. The predicted molar refractivity (Wildman–Crippen MR) is 118 cm³/mol. The molecule has 8 heteroatoms. The van der Waals surface area contributed by atoms with Gasteiger partial charge in [0.15, 0.2) is 0 Å². The van der Waals surface area contributed by atoms with Gasteiger partial charge in [-0.1, -0.05) is 60.1 Å². The number of hydrogen-bond donors (Lipinski definition) is 2. The number of halogens is 1. The van der Waals surface area contributed by atoms with Gasteiger partial charge in [0.05, 0.1) is 17.6 Å². The van der Waals surface area contributed by atoms with E-state index in [1.807, 2.05) is 30.3 Å². The van der Waals surface area contributed by atoms with Crippen molar-refractivity contribution in [2.24, 2.45) is 0 Å². The molecule has 1 aliphatic rings. The van der Waals surface area contributed by atoms with Gasteiger partial charge in [-0.15, -0.1) is 0 Å². The molecule has 2 N–H and O–H groups in total. The summed E-state index contributed by atoms with van der Waals surface area (Å²) >= 11 is 6.93. The lowest BCUT2D eigenvalue weighted by molar-refractivity contribution is -0.124. The third-order valence-electron chi connectivity index (χ3n) is 4.54. The molecule has 1 unspecified atom stereocenters. The quantitative estimate of drug-likeness (QED) is 0.608. The van der Waals surface area contributed by atoms with Crippen LogP contribution < -0.4 is 5.32 Å². The van der Waals surface area contributed by atoms with Crippen molar-refractivity contribution in [1.82, 2.24) is 10.2 Å². The highest BCUT2D eigenvalue weighted by Crippen LogP contribution is 2.33. The first kappa shape index (κ1) is 22.1. The maximum absolute atomic E-state index is 12.6. The number of nitrogens with zero attached hydrogens (tertiary/aromatic N) is 1. The van der Waals surface area contributed by atoms with Gasteiger partial charge < -0.3 is 10.4 Å². The monoisotopic (exact) mass is 444 g/mol. The number of hydrogen-bond acceptors (Lipinski definition) is 5. The van der Waals surface area contributed by atoms with E-state index >= 15 is 0 Å². The first-order chi connectivity index (χ1) is 14.5. The molecule has 6 nitrogen and oxygen atoms in total. The molecule has 2 aromatic rings. The smallest absolute Gasteiger partial charge is 0.293 e. The van der Waals surface area contributed by atoms with Crippen LogP contribution in [-0.2, 0) is 16.0 Å². The Morgan fingerprint density at radius 3 is 2.53 bits per heavy atom. The fraction of sp³-hybridized carbons (Fsp3) is 0.227. The number of rotatable bonds is 8. The zero-order chi connectivity index (χ0) is 21.5. The van der Waals surface area contributed by atoms with Crippen LogP contribution in [0.5, 0.6) is 0 Å². The zero-order valence-electron chi connectivity index (χ0n) is 16.1. The first-order valence-corrected chi connectivity index (χ1v) is 10.6. The van der Waals surface area contributed by atoms with E-state index < -0.39 is 17.2 Å². The lowest BCUT2D eigenvalue weighted by Crippen LogP contribution is -2.41. The Hall–Kier alpha value is -2.61. The summed E-state index contributed by atoms with van der Waals surface area (Å²) in [6, 6.07) is 16.1. The third-order valence-corrected chi connectivity index (χ3v) is 5.79. The van der Waals surface area contributed by atoms with Crippen molar-refractivity contribution in [3.8, 4) is 0 Å². The number of aliphatic hydroxyl groups excluding tert-OH is 1. The average molecular weight is 445 g/mol. The van der Waals surface area contributed by atoms with Crippen LogP contribution in [0.4, 0.5) is 4.79 Å². The Kier molecular flexibility index (Phi) is 7.68. The molecule has 0 saturated carbocycles. The number of aliphatic hydroxyl groups is 1. The molecular weight excluding hydrogens is 424 g/mol. The third kappa shape index (κ3) is 5.72. The van der Waals surface area contributed by atoms with Crippen LogP contribution in [0.1, 0.15) is 17.5 Å². The van der Waals surface area contributed by atoms with E-state index in [0.29, 0.717) is 17.0 Å². The fourth-order valence-corrected chi connectivity index (χ4v) is 4.05. The summed E-state index contributed by atoms with van der Waals surface area (Å²) in [5, 5.41) is 12.4. The molecule has 0 radical (unpaired) electrons. The van der Waals surface area contributed by atoms with Crippen LogP contribution in [-0.4, -0.2) is 46.3 Å². The summed E-state index contributed by atoms with van der Waals surface area (Å²) in [6.45, 7) is -0.234. The maximum atomic E-state index is 12.6. The second-order valence-corrected chi connectivity index (χ2v) is 8.14. The highest BCUT2D eigenvalue weighted by molar-refractivity contribution is 8.18. The van der Waals surface area contributed by atoms with Crippen LogP contribution in [0.25, 0.3) is 6.08 Å². The van der Waals surface area contributed by atoms with Gasteiger partial charge in [0.2, 0.25) is 5.91 Å². The van der Waals surface area contributed by atoms with Crippen LogP contribution in [0.3, 0.4) is 0 Å². The molecule has 30 heavy (non-hydrogen) atoms. The van der Waals surface area contributed by atoms with Gasteiger partial charge in [-0.25, -0.2) is 0 Å². The van der Waals surface area contributed by atoms with E-state index in [0.717, 1.165) is 22.2 Å². The lowest BCUT2D eigenvalue weighted by atomic mass is 10.1. The lowest BCUT2D eigenvalue weighted by Gasteiger charge is -2.18. The highest BCUT2D eigenvalue weighted by Gasteiger charge is 2.35. The van der Waals surface area contributed by atoms with E-state index in [-0.39, 0.29) is 30.4 Å². The van der Waals surface area contributed by atoms with E-state index in [9.17, 15) is 19.5 Å². The van der Waals surface area contributed by atoms with Crippen molar-refractivity contribution in [3.05, 3.63) is 75.7 Å². The number of imide groups is 1. The maximum Gasteiger partial charge on any atom is 0.293 e. The first-order valence-electron chi connectivity index (χ1n) is 9.42. The summed E-state index contributed by atoms with van der Waals surface area (Å²) < 4.78 is 0. The second-order valence-electron chi connectivity index (χ2n) is 6.74. The summed E-state index contributed by atoms with van der Waals surface area (Å²) in [4.78, 5) is 38.4. The normalized spacial score (nSPS) is 16.2. The van der Waals surface area contributed by atoms with Gasteiger partial charge in [-0.2, -0.15) is 0 Å². The minimum atomic E-state index is -0.444. The van der Waals surface area contributed by atoms with Crippen molar-refractivity contribution in [3.63, 3.8) is 0 Å². The van der Waals surface area contributed by atoms with Gasteiger partial charge in [-0.05, 0) is 41.5 Å². The molecule has 1 heterocycles. The average Bonchev–Trinajstić information content (AvgIpc) is 3.01. The minimum Gasteiger partial charge on any atom is -0.394 e. The van der Waals surface area contributed by atoms with E-state index in [2.05, 4.69) is 5.32 Å². The number of carbonyl (C=O) groups excluding carboxylic acids is 3. The van der Waals surface area contributed by atoms with Gasteiger partial charge in [0.25, 0.3) is 11.1 Å². The largest absolute Gasteiger partial charge is 0.394 e. The summed E-state index contributed by atoms with van der Waals surface area (Å²) in [5.41, 5.74) is 1.64. The number of amides is 3. The topological polar surface area (TPSA) is 86.7 Å². The van der Waals surface area contributed by atoms with Crippen LogP contribution in [0.15, 0.2) is 59.5 Å². The Morgan fingerprint density at radius 1 is 1.13 bits per heavy atom. The molecule has 3 rings (SSSR count). The Morgan fingerprint density at radius 2 is 1.83 bits per heavy atom. The number of carbonyl (C=O) groups is 3. The Balaban J connectivity index is 1.56. The van der Waals surface area contributed by atoms with E-state index in [1.165, 1.54) is 0 Å². The number of thioether (sulfide) groups is 1. The molecule has 3 amide bonds. The molecule has 0 bridgehead atoms.